The highest BCUT2D eigenvalue weighted by Crippen LogP contribution is 2.27. The predicted molar refractivity (Wildman–Crippen MR) is 129 cm³/mol. The summed E-state index contributed by atoms with van der Waals surface area (Å²) in [6.07, 6.45) is 2.08. The SMILES string of the molecule is CN1CCN(CCC#CC(=O)Nc2ccc3ncnc(Nc4ccc(F)c(Cl)c4)c3c2)CC1. The van der Waals surface area contributed by atoms with Gasteiger partial charge in [0.15, 0.2) is 0 Å². The Morgan fingerprint density at radius 2 is 1.91 bits per heavy atom. The van der Waals surface area contributed by atoms with Gasteiger partial charge in [-0.3, -0.25) is 9.69 Å². The minimum atomic E-state index is -0.496. The highest BCUT2D eigenvalue weighted by atomic mass is 35.5. The fourth-order valence-electron chi connectivity index (χ4n) is 3.54. The molecular weight excluding hydrogens is 443 g/mol. The van der Waals surface area contributed by atoms with Gasteiger partial charge < -0.3 is 15.5 Å². The molecule has 2 aromatic carbocycles. The molecule has 0 radical (unpaired) electrons. The van der Waals surface area contributed by atoms with Crippen molar-refractivity contribution < 1.29 is 9.18 Å². The highest BCUT2D eigenvalue weighted by Gasteiger charge is 2.12. The number of fused-ring (bicyclic) bond motifs is 1. The van der Waals surface area contributed by atoms with E-state index < -0.39 is 5.82 Å². The first-order valence-corrected chi connectivity index (χ1v) is 11.0. The van der Waals surface area contributed by atoms with Crippen molar-refractivity contribution in [3.8, 4) is 11.8 Å². The van der Waals surface area contributed by atoms with E-state index in [-0.39, 0.29) is 10.9 Å². The van der Waals surface area contributed by atoms with Crippen molar-refractivity contribution in [1.29, 1.82) is 0 Å². The van der Waals surface area contributed by atoms with Crippen LogP contribution < -0.4 is 10.6 Å². The number of hydrogen-bond donors (Lipinski definition) is 2. The number of nitrogens with one attached hydrogen (secondary N) is 2. The first-order chi connectivity index (χ1) is 16.0. The van der Waals surface area contributed by atoms with Crippen LogP contribution in [0.4, 0.5) is 21.6 Å². The quantitative estimate of drug-likeness (QED) is 0.558. The highest BCUT2D eigenvalue weighted by molar-refractivity contribution is 6.31. The average molecular weight is 467 g/mol. The molecule has 0 atom stereocenters. The summed E-state index contributed by atoms with van der Waals surface area (Å²) in [5.41, 5.74) is 1.86. The fraction of sp³-hybridized carbons (Fsp3) is 0.292. The number of benzene rings is 2. The number of aromatic nitrogens is 2. The van der Waals surface area contributed by atoms with Crippen LogP contribution in [0.1, 0.15) is 6.42 Å². The van der Waals surface area contributed by atoms with Crippen molar-refractivity contribution in [3.05, 3.63) is 53.6 Å². The number of likely N-dealkylation sites (N-methyl/N-ethyl adjacent to an activating group) is 1. The molecule has 0 aliphatic carbocycles. The Labute approximate surface area is 197 Å². The smallest absolute Gasteiger partial charge is 0.300 e. The topological polar surface area (TPSA) is 73.4 Å². The van der Waals surface area contributed by atoms with Crippen molar-refractivity contribution in [2.45, 2.75) is 6.42 Å². The van der Waals surface area contributed by atoms with Crippen LogP contribution >= 0.6 is 11.6 Å². The molecule has 9 heteroatoms. The maximum atomic E-state index is 13.4. The minimum absolute atomic E-state index is 0.0116. The molecule has 1 aromatic heterocycles. The second-order valence-electron chi connectivity index (χ2n) is 7.86. The van der Waals surface area contributed by atoms with Gasteiger partial charge in [0.2, 0.25) is 0 Å². The number of anilines is 3. The van der Waals surface area contributed by atoms with Crippen LogP contribution in [0.2, 0.25) is 5.02 Å². The number of rotatable bonds is 5. The fourth-order valence-corrected chi connectivity index (χ4v) is 3.72. The standard InChI is InChI=1S/C24H24ClFN6O/c1-31-10-12-32(13-11-31)9-3-2-4-23(33)29-17-6-8-22-19(14-17)24(28-16-27-22)30-18-5-7-21(26)20(25)15-18/h5-8,14-16H,3,9-13H2,1H3,(H,29,33)(H,27,28,30). The summed E-state index contributed by atoms with van der Waals surface area (Å²) in [5, 5.41) is 6.62. The third kappa shape index (κ3) is 6.17. The normalized spacial score (nSPS) is 14.5. The lowest BCUT2D eigenvalue weighted by Crippen LogP contribution is -2.44. The van der Waals surface area contributed by atoms with Gasteiger partial charge in [-0.25, -0.2) is 14.4 Å². The molecular formula is C24H24ClFN6O. The van der Waals surface area contributed by atoms with E-state index >= 15 is 0 Å². The summed E-state index contributed by atoms with van der Waals surface area (Å²) in [4.78, 5) is 25.5. The third-order valence-electron chi connectivity index (χ3n) is 5.43. The molecule has 1 amide bonds. The van der Waals surface area contributed by atoms with E-state index in [4.69, 9.17) is 11.6 Å². The largest absolute Gasteiger partial charge is 0.340 e. The molecule has 0 spiro atoms. The molecule has 1 fully saturated rings. The molecule has 3 aromatic rings. The van der Waals surface area contributed by atoms with Gasteiger partial charge in [-0.15, -0.1) is 0 Å². The van der Waals surface area contributed by atoms with Crippen LogP contribution in [0.5, 0.6) is 0 Å². The third-order valence-corrected chi connectivity index (χ3v) is 5.72. The van der Waals surface area contributed by atoms with Crippen LogP contribution in [-0.2, 0) is 4.79 Å². The monoisotopic (exact) mass is 466 g/mol. The first-order valence-electron chi connectivity index (χ1n) is 10.7. The van der Waals surface area contributed by atoms with Crippen molar-refractivity contribution in [2.24, 2.45) is 0 Å². The van der Waals surface area contributed by atoms with E-state index in [9.17, 15) is 9.18 Å². The average Bonchev–Trinajstić information content (AvgIpc) is 2.81. The molecule has 2 N–H and O–H groups in total. The zero-order chi connectivity index (χ0) is 23.2. The van der Waals surface area contributed by atoms with Gasteiger partial charge in [-0.05, 0) is 49.4 Å². The van der Waals surface area contributed by atoms with Crippen LogP contribution in [0, 0.1) is 17.7 Å². The van der Waals surface area contributed by atoms with Crippen LogP contribution in [0.15, 0.2) is 42.7 Å². The van der Waals surface area contributed by atoms with Gasteiger partial charge in [0.05, 0.1) is 10.5 Å². The molecule has 1 saturated heterocycles. The molecule has 33 heavy (non-hydrogen) atoms. The summed E-state index contributed by atoms with van der Waals surface area (Å²) < 4.78 is 13.4. The predicted octanol–water partition coefficient (Wildman–Crippen LogP) is 3.75. The zero-order valence-electron chi connectivity index (χ0n) is 18.2. The Morgan fingerprint density at radius 3 is 2.70 bits per heavy atom. The van der Waals surface area contributed by atoms with E-state index in [0.29, 0.717) is 34.5 Å². The Hall–Kier alpha value is -3.25. The van der Waals surface area contributed by atoms with Crippen LogP contribution in [0.3, 0.4) is 0 Å². The number of hydrogen-bond acceptors (Lipinski definition) is 6. The van der Waals surface area contributed by atoms with Gasteiger partial charge in [0, 0.05) is 55.9 Å². The summed E-state index contributed by atoms with van der Waals surface area (Å²) in [7, 11) is 2.12. The molecule has 7 nitrogen and oxygen atoms in total. The maximum absolute atomic E-state index is 13.4. The number of nitrogens with zero attached hydrogens (tertiary/aromatic N) is 4. The second-order valence-corrected chi connectivity index (χ2v) is 8.27. The Balaban J connectivity index is 1.40. The van der Waals surface area contributed by atoms with Crippen molar-refractivity contribution in [1.82, 2.24) is 19.8 Å². The number of halogens is 2. The Kier molecular flexibility index (Phi) is 7.35. The van der Waals surface area contributed by atoms with Gasteiger partial charge in [-0.1, -0.05) is 17.5 Å². The van der Waals surface area contributed by atoms with E-state index in [1.54, 1.807) is 24.3 Å². The van der Waals surface area contributed by atoms with Crippen molar-refractivity contribution >= 4 is 45.6 Å². The molecule has 1 aliphatic rings. The number of amides is 1. The minimum Gasteiger partial charge on any atom is -0.340 e. The van der Waals surface area contributed by atoms with Gasteiger partial charge in [0.25, 0.3) is 5.91 Å². The first kappa shape index (κ1) is 22.9. The molecule has 0 bridgehead atoms. The lowest BCUT2D eigenvalue weighted by atomic mass is 10.2. The summed E-state index contributed by atoms with van der Waals surface area (Å²) in [5.74, 6) is 5.26. The zero-order valence-corrected chi connectivity index (χ0v) is 19.0. The van der Waals surface area contributed by atoms with Crippen LogP contribution in [0.25, 0.3) is 10.9 Å². The second kappa shape index (κ2) is 10.6. The Morgan fingerprint density at radius 1 is 1.12 bits per heavy atom. The van der Waals surface area contributed by atoms with Gasteiger partial charge in [-0.2, -0.15) is 0 Å². The molecule has 1 aliphatic heterocycles. The summed E-state index contributed by atoms with van der Waals surface area (Å²) in [6.45, 7) is 5.05. The number of carbonyl (C=O) groups excluding carboxylic acids is 1. The number of piperazine rings is 1. The number of carbonyl (C=O) groups is 1. The lowest BCUT2D eigenvalue weighted by Gasteiger charge is -2.31. The molecule has 0 saturated carbocycles. The maximum Gasteiger partial charge on any atom is 0.300 e. The van der Waals surface area contributed by atoms with Gasteiger partial charge in [0.1, 0.15) is 18.0 Å². The van der Waals surface area contributed by atoms with Crippen molar-refractivity contribution in [2.75, 3.05) is 50.4 Å². The van der Waals surface area contributed by atoms with Crippen molar-refractivity contribution in [3.63, 3.8) is 0 Å². The van der Waals surface area contributed by atoms with E-state index in [1.807, 2.05) is 0 Å². The molecule has 0 unspecified atom stereocenters. The lowest BCUT2D eigenvalue weighted by molar-refractivity contribution is -0.111. The molecule has 2 heterocycles. The molecule has 170 valence electrons. The summed E-state index contributed by atoms with van der Waals surface area (Å²) >= 11 is 5.87. The van der Waals surface area contributed by atoms with E-state index in [2.05, 4.69) is 49.3 Å². The summed E-state index contributed by atoms with van der Waals surface area (Å²) in [6, 6.07) is 9.65. The van der Waals surface area contributed by atoms with Gasteiger partial charge >= 0.3 is 0 Å². The molecule has 4 rings (SSSR count). The van der Waals surface area contributed by atoms with E-state index in [0.717, 1.165) is 32.7 Å². The van der Waals surface area contributed by atoms with Crippen LogP contribution in [-0.4, -0.2) is 65.4 Å². The Bertz CT molecular complexity index is 1220. The van der Waals surface area contributed by atoms with E-state index in [1.165, 1.54) is 18.5 Å².